The molecule has 0 atom stereocenters. The summed E-state index contributed by atoms with van der Waals surface area (Å²) in [5, 5.41) is 0. The Morgan fingerprint density at radius 3 is 2.31 bits per heavy atom. The molecule has 0 saturated carbocycles. The van der Waals surface area contributed by atoms with Gasteiger partial charge in [-0.1, -0.05) is 13.8 Å². The Hall–Kier alpha value is -1.25. The van der Waals surface area contributed by atoms with Crippen LogP contribution in [0.1, 0.15) is 41.3 Å². The zero-order valence-electron chi connectivity index (χ0n) is 15.7. The third-order valence-electron chi connectivity index (χ3n) is 3.91. The molecule has 0 aliphatic rings. The van der Waals surface area contributed by atoms with Crippen LogP contribution >= 0.6 is 45.2 Å². The molecule has 0 aliphatic carbocycles. The number of benzene rings is 2. The van der Waals surface area contributed by atoms with Gasteiger partial charge in [-0.15, -0.1) is 0 Å². The van der Waals surface area contributed by atoms with Crippen LogP contribution in [0.3, 0.4) is 0 Å². The summed E-state index contributed by atoms with van der Waals surface area (Å²) in [5.41, 5.74) is 0.971. The number of aryl methyl sites for hydroxylation is 1. The van der Waals surface area contributed by atoms with Crippen molar-refractivity contribution in [2.45, 2.75) is 31.6 Å². The first kappa shape index (κ1) is 24.0. The molecule has 0 amide bonds. The summed E-state index contributed by atoms with van der Waals surface area (Å²) in [6.07, 6.45) is 0. The summed E-state index contributed by atoms with van der Waals surface area (Å²) < 4.78 is 44.7. The van der Waals surface area contributed by atoms with Crippen LogP contribution in [0.25, 0.3) is 0 Å². The van der Waals surface area contributed by atoms with Crippen LogP contribution in [-0.2, 0) is 19.6 Å². The van der Waals surface area contributed by atoms with E-state index in [1.807, 2.05) is 0 Å². The van der Waals surface area contributed by atoms with E-state index in [1.165, 1.54) is 12.1 Å². The highest BCUT2D eigenvalue weighted by Crippen LogP contribution is 2.31. The summed E-state index contributed by atoms with van der Waals surface area (Å²) >= 11 is 4.23. The molecule has 0 saturated heterocycles. The van der Waals surface area contributed by atoms with Crippen LogP contribution in [0.5, 0.6) is 5.75 Å². The average Bonchev–Trinajstić information content (AvgIpc) is 2.62. The molecule has 156 valence electrons. The molecule has 29 heavy (non-hydrogen) atoms. The van der Waals surface area contributed by atoms with E-state index in [4.69, 9.17) is 9.47 Å². The van der Waals surface area contributed by atoms with Crippen LogP contribution < -0.4 is 4.74 Å². The van der Waals surface area contributed by atoms with Crippen LogP contribution in [0.15, 0.2) is 35.2 Å². The molecule has 0 spiro atoms. The average molecular weight is 644 g/mol. The van der Waals surface area contributed by atoms with Crippen molar-refractivity contribution in [1.29, 1.82) is 0 Å². The van der Waals surface area contributed by atoms with Gasteiger partial charge < -0.3 is 9.47 Å². The maximum atomic E-state index is 12.1. The van der Waals surface area contributed by atoms with Gasteiger partial charge in [-0.05, 0) is 99.5 Å². The second kappa shape index (κ2) is 9.71. The smallest absolute Gasteiger partial charge is 0.349 e. The van der Waals surface area contributed by atoms with Crippen LogP contribution in [-0.4, -0.2) is 31.5 Å². The molecule has 0 fully saturated rings. The van der Waals surface area contributed by atoms with E-state index in [0.29, 0.717) is 16.7 Å². The summed E-state index contributed by atoms with van der Waals surface area (Å²) in [7, 11) is -4.42. The SMILES string of the molecule is Cc1cc(S(=O)(=O)O)c(C(C)C)cc1OC(=O)COC(=O)c1ccc(I)c(I)c1. The third kappa shape index (κ3) is 6.36. The molecule has 0 aromatic heterocycles. The van der Waals surface area contributed by atoms with Gasteiger partial charge in [0.15, 0.2) is 6.61 Å². The summed E-state index contributed by atoms with van der Waals surface area (Å²) in [4.78, 5) is 24.0. The van der Waals surface area contributed by atoms with Crippen LogP contribution in [0.2, 0.25) is 0 Å². The lowest BCUT2D eigenvalue weighted by Gasteiger charge is -2.15. The molecule has 0 heterocycles. The molecule has 0 aliphatic heterocycles. The highest BCUT2D eigenvalue weighted by molar-refractivity contribution is 14.1. The molecule has 1 N–H and O–H groups in total. The fraction of sp³-hybridized carbons (Fsp3) is 0.263. The largest absolute Gasteiger partial charge is 0.450 e. The first-order valence-electron chi connectivity index (χ1n) is 8.35. The van der Waals surface area contributed by atoms with Crippen molar-refractivity contribution in [3.05, 3.63) is 54.2 Å². The number of halogens is 2. The van der Waals surface area contributed by atoms with E-state index < -0.39 is 28.7 Å². The zero-order valence-corrected chi connectivity index (χ0v) is 20.9. The molecule has 2 aromatic rings. The van der Waals surface area contributed by atoms with Crippen molar-refractivity contribution < 1.29 is 32.0 Å². The number of hydrogen-bond acceptors (Lipinski definition) is 6. The minimum Gasteiger partial charge on any atom is -0.450 e. The van der Waals surface area contributed by atoms with Gasteiger partial charge in [0.2, 0.25) is 0 Å². The molecule has 0 bridgehead atoms. The summed E-state index contributed by atoms with van der Waals surface area (Å²) in [6.45, 7) is 4.43. The van der Waals surface area contributed by atoms with Crippen LogP contribution in [0, 0.1) is 14.1 Å². The maximum Gasteiger partial charge on any atom is 0.349 e. The highest BCUT2D eigenvalue weighted by Gasteiger charge is 2.21. The monoisotopic (exact) mass is 644 g/mol. The van der Waals surface area contributed by atoms with Gasteiger partial charge in [0.25, 0.3) is 10.1 Å². The lowest BCUT2D eigenvalue weighted by molar-refractivity contribution is -0.137. The van der Waals surface area contributed by atoms with E-state index >= 15 is 0 Å². The number of hydrogen-bond donors (Lipinski definition) is 1. The van der Waals surface area contributed by atoms with Gasteiger partial charge in [0.1, 0.15) is 5.75 Å². The lowest BCUT2D eigenvalue weighted by Crippen LogP contribution is -2.19. The first-order chi connectivity index (χ1) is 13.4. The Bertz CT molecular complexity index is 1060. The minimum absolute atomic E-state index is 0.131. The Kier molecular flexibility index (Phi) is 8.04. The van der Waals surface area contributed by atoms with Crippen molar-refractivity contribution in [2.75, 3.05) is 6.61 Å². The fourth-order valence-corrected chi connectivity index (χ4v) is 4.21. The highest BCUT2D eigenvalue weighted by atomic mass is 127. The van der Waals surface area contributed by atoms with E-state index in [0.717, 1.165) is 7.14 Å². The van der Waals surface area contributed by atoms with E-state index in [-0.39, 0.29) is 16.6 Å². The van der Waals surface area contributed by atoms with Crippen molar-refractivity contribution in [3.63, 3.8) is 0 Å². The predicted molar refractivity (Wildman–Crippen MR) is 123 cm³/mol. The third-order valence-corrected chi connectivity index (χ3v) is 7.68. The second-order valence-electron chi connectivity index (χ2n) is 6.46. The molecule has 2 aromatic carbocycles. The summed E-state index contributed by atoms with van der Waals surface area (Å²) in [6, 6.07) is 7.66. The molecule has 0 radical (unpaired) electrons. The van der Waals surface area contributed by atoms with Crippen molar-refractivity contribution in [3.8, 4) is 5.75 Å². The van der Waals surface area contributed by atoms with Crippen LogP contribution in [0.4, 0.5) is 0 Å². The molecular weight excluding hydrogens is 626 g/mol. The maximum absolute atomic E-state index is 12.1. The van der Waals surface area contributed by atoms with Gasteiger partial charge in [-0.3, -0.25) is 4.55 Å². The number of carbonyl (C=O) groups is 2. The Labute approximate surface area is 196 Å². The first-order valence-corrected chi connectivity index (χ1v) is 11.9. The Morgan fingerprint density at radius 2 is 1.76 bits per heavy atom. The van der Waals surface area contributed by atoms with Crippen molar-refractivity contribution in [1.82, 2.24) is 0 Å². The minimum atomic E-state index is -4.42. The quantitative estimate of drug-likeness (QED) is 0.216. The van der Waals surface area contributed by atoms with Gasteiger partial charge in [-0.2, -0.15) is 8.42 Å². The Balaban J connectivity index is 2.13. The van der Waals surface area contributed by atoms with E-state index in [9.17, 15) is 22.6 Å². The van der Waals surface area contributed by atoms with Gasteiger partial charge in [0, 0.05) is 7.14 Å². The standard InChI is InChI=1S/C19H18I2O7S/c1-10(2)13-8-16(11(3)6-17(13)29(24,25)26)28-18(22)9-27-19(23)12-4-5-14(20)15(21)7-12/h4-8,10H,9H2,1-3H3,(H,24,25,26). The Morgan fingerprint density at radius 1 is 1.10 bits per heavy atom. The number of esters is 2. The van der Waals surface area contributed by atoms with Gasteiger partial charge in [0.05, 0.1) is 10.5 Å². The number of rotatable bonds is 6. The fourth-order valence-electron chi connectivity index (χ4n) is 2.44. The second-order valence-corrected chi connectivity index (χ2v) is 10.2. The van der Waals surface area contributed by atoms with Crippen molar-refractivity contribution >= 4 is 67.2 Å². The molecule has 7 nitrogen and oxygen atoms in total. The predicted octanol–water partition coefficient (Wildman–Crippen LogP) is 4.34. The number of ether oxygens (including phenoxy) is 2. The molecule has 2 rings (SSSR count). The van der Waals surface area contributed by atoms with E-state index in [2.05, 4.69) is 45.2 Å². The lowest BCUT2D eigenvalue weighted by atomic mass is 10.0. The summed E-state index contributed by atoms with van der Waals surface area (Å²) in [5.74, 6) is -1.58. The van der Waals surface area contributed by atoms with Gasteiger partial charge in [-0.25, -0.2) is 9.59 Å². The van der Waals surface area contributed by atoms with E-state index in [1.54, 1.807) is 39.0 Å². The molecule has 0 unspecified atom stereocenters. The zero-order chi connectivity index (χ0) is 21.9. The molecular formula is C19H18I2O7S. The molecule has 10 heteroatoms. The van der Waals surface area contributed by atoms with Crippen molar-refractivity contribution in [2.24, 2.45) is 0 Å². The normalized spacial score (nSPS) is 11.4. The van der Waals surface area contributed by atoms with Gasteiger partial charge >= 0.3 is 11.9 Å². The topological polar surface area (TPSA) is 107 Å². The number of carbonyl (C=O) groups excluding carboxylic acids is 2.